The molecule has 0 aliphatic heterocycles. The molecule has 0 heterocycles. The lowest BCUT2D eigenvalue weighted by Crippen LogP contribution is -2.18. The van der Waals surface area contributed by atoms with Crippen molar-refractivity contribution in [3.63, 3.8) is 0 Å². The van der Waals surface area contributed by atoms with E-state index in [-0.39, 0.29) is 34.2 Å². The predicted octanol–water partition coefficient (Wildman–Crippen LogP) is 7.96. The van der Waals surface area contributed by atoms with Crippen molar-refractivity contribution >= 4 is 22.7 Å². The first-order valence-electron chi connectivity index (χ1n) is 12.1. The second-order valence-electron chi connectivity index (χ2n) is 9.84. The van der Waals surface area contributed by atoms with Crippen LogP contribution in [0.1, 0.15) is 36.1 Å². The van der Waals surface area contributed by atoms with Crippen LogP contribution in [-0.2, 0) is 17.8 Å². The van der Waals surface area contributed by atoms with Gasteiger partial charge in [-0.15, -0.1) is 0 Å². The van der Waals surface area contributed by atoms with Crippen molar-refractivity contribution in [3.8, 4) is 23.0 Å². The molecule has 0 aliphatic carbocycles. The number of nitrogen functional groups attached to an aromatic ring is 4. The number of halogens is 6. The monoisotopic (exact) mass is 576 g/mol. The Balaban J connectivity index is 1.50. The van der Waals surface area contributed by atoms with Gasteiger partial charge >= 0.3 is 12.4 Å². The molecular formula is C29H26F6N4O2. The van der Waals surface area contributed by atoms with Crippen LogP contribution in [0.15, 0.2) is 72.8 Å². The molecule has 4 aromatic carbocycles. The summed E-state index contributed by atoms with van der Waals surface area (Å²) < 4.78 is 89.4. The Morgan fingerprint density at radius 2 is 0.732 bits per heavy atom. The molecule has 0 saturated heterocycles. The van der Waals surface area contributed by atoms with Crippen LogP contribution in [0.4, 0.5) is 49.1 Å². The van der Waals surface area contributed by atoms with E-state index >= 15 is 0 Å². The van der Waals surface area contributed by atoms with E-state index in [2.05, 4.69) is 0 Å². The molecule has 0 amide bonds. The zero-order chi connectivity index (χ0) is 30.3. The van der Waals surface area contributed by atoms with Crippen molar-refractivity contribution < 1.29 is 35.8 Å². The van der Waals surface area contributed by atoms with Gasteiger partial charge in [0.2, 0.25) is 0 Å². The topological polar surface area (TPSA) is 123 Å². The van der Waals surface area contributed by atoms with Crippen LogP contribution in [0.5, 0.6) is 23.0 Å². The molecular weight excluding hydrogens is 550 g/mol. The molecule has 41 heavy (non-hydrogen) atoms. The van der Waals surface area contributed by atoms with Gasteiger partial charge in [0, 0.05) is 5.41 Å². The summed E-state index contributed by atoms with van der Waals surface area (Å²) in [5.41, 5.74) is 21.4. The molecule has 0 radical (unpaired) electrons. The smallest absolute Gasteiger partial charge is 0.416 e. The first kappa shape index (κ1) is 29.2. The molecule has 0 unspecified atom stereocenters. The van der Waals surface area contributed by atoms with E-state index in [0.717, 1.165) is 35.4 Å². The Morgan fingerprint density at radius 3 is 0.976 bits per heavy atom. The van der Waals surface area contributed by atoms with Gasteiger partial charge in [0.15, 0.2) is 11.5 Å². The van der Waals surface area contributed by atoms with Gasteiger partial charge in [0.1, 0.15) is 11.5 Å². The second kappa shape index (κ2) is 10.3. The minimum atomic E-state index is -4.60. The van der Waals surface area contributed by atoms with Crippen molar-refractivity contribution in [2.75, 3.05) is 22.9 Å². The van der Waals surface area contributed by atoms with Gasteiger partial charge in [-0.2, -0.15) is 26.3 Å². The highest BCUT2D eigenvalue weighted by molar-refractivity contribution is 5.71. The van der Waals surface area contributed by atoms with Crippen molar-refractivity contribution in [1.82, 2.24) is 0 Å². The van der Waals surface area contributed by atoms with Crippen LogP contribution in [-0.4, -0.2) is 0 Å². The number of benzene rings is 4. The molecule has 0 spiro atoms. The third-order valence-electron chi connectivity index (χ3n) is 6.54. The van der Waals surface area contributed by atoms with Gasteiger partial charge in [0.25, 0.3) is 0 Å². The highest BCUT2D eigenvalue weighted by Gasteiger charge is 2.33. The molecule has 8 N–H and O–H groups in total. The van der Waals surface area contributed by atoms with Gasteiger partial charge < -0.3 is 32.4 Å². The second-order valence-corrected chi connectivity index (χ2v) is 9.84. The Morgan fingerprint density at radius 1 is 0.463 bits per heavy atom. The van der Waals surface area contributed by atoms with E-state index in [1.165, 1.54) is 0 Å². The molecule has 0 aliphatic rings. The summed E-state index contributed by atoms with van der Waals surface area (Å²) in [6, 6.07) is 16.8. The first-order chi connectivity index (χ1) is 19.0. The number of rotatable bonds is 6. The van der Waals surface area contributed by atoms with Gasteiger partial charge in [-0.05, 0) is 59.7 Å². The van der Waals surface area contributed by atoms with Crippen LogP contribution < -0.4 is 32.4 Å². The quantitative estimate of drug-likeness (QED) is 0.136. The maximum absolute atomic E-state index is 13.0. The molecule has 0 saturated carbocycles. The number of hydrogen-bond acceptors (Lipinski definition) is 6. The molecule has 0 fully saturated rings. The minimum absolute atomic E-state index is 0.0741. The van der Waals surface area contributed by atoms with Crippen LogP contribution in [0.25, 0.3) is 0 Å². The van der Waals surface area contributed by atoms with Crippen molar-refractivity contribution in [3.05, 3.63) is 95.1 Å². The Hall–Kier alpha value is -4.74. The van der Waals surface area contributed by atoms with E-state index in [1.54, 1.807) is 48.5 Å². The predicted molar refractivity (Wildman–Crippen MR) is 146 cm³/mol. The lowest BCUT2D eigenvalue weighted by Gasteiger charge is -2.26. The fourth-order valence-electron chi connectivity index (χ4n) is 4.19. The van der Waals surface area contributed by atoms with Crippen molar-refractivity contribution in [2.24, 2.45) is 0 Å². The summed E-state index contributed by atoms with van der Waals surface area (Å²) in [7, 11) is 0. The van der Waals surface area contributed by atoms with E-state index in [1.807, 2.05) is 13.8 Å². The summed E-state index contributed by atoms with van der Waals surface area (Å²) in [5.74, 6) is 0.487. The number of anilines is 4. The lowest BCUT2D eigenvalue weighted by atomic mass is 9.78. The maximum atomic E-state index is 13.0. The summed E-state index contributed by atoms with van der Waals surface area (Å²) in [6.45, 7) is 3.94. The fraction of sp³-hybridized carbons (Fsp3) is 0.172. The highest BCUT2D eigenvalue weighted by Crippen LogP contribution is 2.42. The fourth-order valence-corrected chi connectivity index (χ4v) is 4.19. The zero-order valence-electron chi connectivity index (χ0n) is 21.8. The number of alkyl halides is 6. The molecule has 6 nitrogen and oxygen atoms in total. The van der Waals surface area contributed by atoms with Crippen LogP contribution >= 0.6 is 0 Å². The average Bonchev–Trinajstić information content (AvgIpc) is 2.87. The molecule has 216 valence electrons. The van der Waals surface area contributed by atoms with Gasteiger partial charge in [-0.1, -0.05) is 38.1 Å². The zero-order valence-corrected chi connectivity index (χ0v) is 21.8. The third-order valence-corrected chi connectivity index (χ3v) is 6.54. The summed E-state index contributed by atoms with van der Waals surface area (Å²) in [6.07, 6.45) is -9.19. The Bertz CT molecular complexity index is 1400. The standard InChI is InChI=1S/C29H26F6N4O2/c1-27(2,15-3-7-19(8-4-15)40-25-21(36)11-17(12-22(25)37)28(30,31)32)16-5-9-20(10-6-16)41-26-23(38)13-18(14-24(26)39)29(33,34)35/h3-14H,36-39H2,1-2H3. The van der Waals surface area contributed by atoms with E-state index < -0.39 is 28.9 Å². The van der Waals surface area contributed by atoms with Crippen LogP contribution in [0.3, 0.4) is 0 Å². The summed E-state index contributed by atoms with van der Waals surface area (Å²) in [5, 5.41) is 0. The molecule has 0 atom stereocenters. The van der Waals surface area contributed by atoms with Crippen LogP contribution in [0.2, 0.25) is 0 Å². The number of nitrogens with two attached hydrogens (primary N) is 4. The lowest BCUT2D eigenvalue weighted by molar-refractivity contribution is -0.138. The summed E-state index contributed by atoms with van der Waals surface area (Å²) in [4.78, 5) is 0. The number of ether oxygens (including phenoxy) is 2. The minimum Gasteiger partial charge on any atom is -0.453 e. The SMILES string of the molecule is CC(C)(c1ccc(Oc2c(N)cc(C(F)(F)F)cc2N)cc1)c1ccc(Oc2c(N)cc(C(F)(F)F)cc2N)cc1. The van der Waals surface area contributed by atoms with Gasteiger partial charge in [0.05, 0.1) is 33.9 Å². The Labute approximate surface area is 231 Å². The van der Waals surface area contributed by atoms with E-state index in [0.29, 0.717) is 11.5 Å². The molecule has 4 aromatic rings. The third kappa shape index (κ3) is 6.21. The maximum Gasteiger partial charge on any atom is 0.416 e. The van der Waals surface area contributed by atoms with Crippen molar-refractivity contribution in [2.45, 2.75) is 31.6 Å². The molecule has 0 aromatic heterocycles. The molecule has 0 bridgehead atoms. The van der Waals surface area contributed by atoms with Crippen LogP contribution in [0, 0.1) is 0 Å². The van der Waals surface area contributed by atoms with Gasteiger partial charge in [-0.3, -0.25) is 0 Å². The first-order valence-corrected chi connectivity index (χ1v) is 12.1. The Kier molecular flexibility index (Phi) is 7.38. The normalized spacial score (nSPS) is 12.3. The highest BCUT2D eigenvalue weighted by atomic mass is 19.4. The van der Waals surface area contributed by atoms with Gasteiger partial charge in [-0.25, -0.2) is 0 Å². The molecule has 4 rings (SSSR count). The number of hydrogen-bond donors (Lipinski definition) is 4. The average molecular weight is 577 g/mol. The van der Waals surface area contributed by atoms with E-state index in [9.17, 15) is 26.3 Å². The summed E-state index contributed by atoms with van der Waals surface area (Å²) >= 11 is 0. The van der Waals surface area contributed by atoms with E-state index in [4.69, 9.17) is 32.4 Å². The molecule has 12 heteroatoms. The largest absolute Gasteiger partial charge is 0.453 e. The van der Waals surface area contributed by atoms with Crippen molar-refractivity contribution in [1.29, 1.82) is 0 Å².